The Kier molecular flexibility index (Phi) is 9.32. The lowest BCUT2D eigenvalue weighted by Crippen LogP contribution is -2.41. The Bertz CT molecular complexity index is 1610. The van der Waals surface area contributed by atoms with Gasteiger partial charge in [-0.05, 0) is 83.0 Å². The van der Waals surface area contributed by atoms with Crippen LogP contribution >= 0.6 is 0 Å². The molecule has 1 aromatic carbocycles. The van der Waals surface area contributed by atoms with Gasteiger partial charge < -0.3 is 25.2 Å². The molecule has 6 rings (SSSR count). The van der Waals surface area contributed by atoms with Crippen molar-refractivity contribution in [2.24, 2.45) is 0 Å². The van der Waals surface area contributed by atoms with Gasteiger partial charge in [0.25, 0.3) is 5.56 Å². The highest BCUT2D eigenvalue weighted by Crippen LogP contribution is 2.29. The molecule has 0 radical (unpaired) electrons. The van der Waals surface area contributed by atoms with Gasteiger partial charge in [0, 0.05) is 80.0 Å². The molecule has 0 amide bonds. The molecule has 11 nitrogen and oxygen atoms in total. The zero-order chi connectivity index (χ0) is 30.5. The smallest absolute Gasteiger partial charge is 0.276 e. The molecule has 0 atom stereocenters. The van der Waals surface area contributed by atoms with E-state index in [0.717, 1.165) is 74.2 Å². The fraction of sp³-hybridized carbons (Fsp3) is 0.485. The van der Waals surface area contributed by atoms with Crippen molar-refractivity contribution in [3.8, 4) is 0 Å². The Hall–Kier alpha value is -4.09. The van der Waals surface area contributed by atoms with Gasteiger partial charge in [-0.15, -0.1) is 0 Å². The fourth-order valence-electron chi connectivity index (χ4n) is 6.45. The van der Waals surface area contributed by atoms with Crippen molar-refractivity contribution in [1.29, 1.82) is 0 Å². The summed E-state index contributed by atoms with van der Waals surface area (Å²) < 4.78 is 7.36. The zero-order valence-electron chi connectivity index (χ0n) is 26.0. The van der Waals surface area contributed by atoms with Crippen molar-refractivity contribution in [2.75, 3.05) is 61.6 Å². The van der Waals surface area contributed by atoms with Gasteiger partial charge in [0.15, 0.2) is 0 Å². The van der Waals surface area contributed by atoms with Crippen LogP contribution in [0.25, 0.3) is 11.0 Å². The molecular weight excluding hydrogens is 554 g/mol. The molecule has 5 heterocycles. The van der Waals surface area contributed by atoms with Crippen LogP contribution < -0.4 is 26.0 Å². The molecular formula is C33H43N9O2. The van der Waals surface area contributed by atoms with E-state index in [1.165, 1.54) is 5.69 Å². The van der Waals surface area contributed by atoms with E-state index < -0.39 is 0 Å². The largest absolute Gasteiger partial charge is 0.381 e. The van der Waals surface area contributed by atoms with Crippen LogP contribution in [-0.2, 0) is 11.3 Å². The van der Waals surface area contributed by atoms with Crippen LogP contribution in [0, 0.1) is 0 Å². The molecule has 0 aliphatic carbocycles. The van der Waals surface area contributed by atoms with Gasteiger partial charge in [-0.3, -0.25) is 9.36 Å². The molecule has 0 saturated carbocycles. The summed E-state index contributed by atoms with van der Waals surface area (Å²) in [5, 5.41) is 7.60. The van der Waals surface area contributed by atoms with E-state index in [2.05, 4.69) is 80.5 Å². The van der Waals surface area contributed by atoms with Gasteiger partial charge in [0.05, 0.1) is 12.2 Å². The van der Waals surface area contributed by atoms with Gasteiger partial charge in [-0.1, -0.05) is 0 Å². The maximum absolute atomic E-state index is 14.1. The van der Waals surface area contributed by atoms with E-state index in [4.69, 9.17) is 9.72 Å². The van der Waals surface area contributed by atoms with E-state index in [1.54, 1.807) is 17.1 Å². The number of rotatable bonds is 10. The average molecular weight is 598 g/mol. The Labute approximate surface area is 258 Å². The molecule has 2 saturated heterocycles. The Morgan fingerprint density at radius 3 is 2.50 bits per heavy atom. The van der Waals surface area contributed by atoms with Crippen LogP contribution in [0.1, 0.15) is 56.7 Å². The number of nitrogens with zero attached hydrogens (tertiary/aromatic N) is 7. The molecule has 4 aromatic rings. The summed E-state index contributed by atoms with van der Waals surface area (Å²) in [5.41, 5.74) is 5.12. The number of hydrogen-bond acceptors (Lipinski definition) is 10. The minimum absolute atomic E-state index is 0.0852. The third-order valence-electron chi connectivity index (χ3n) is 9.06. The highest BCUT2D eigenvalue weighted by molar-refractivity contribution is 5.80. The molecule has 0 spiro atoms. The molecule has 2 N–H and O–H groups in total. The van der Waals surface area contributed by atoms with Crippen LogP contribution in [0.3, 0.4) is 0 Å². The minimum Gasteiger partial charge on any atom is -0.381 e. The Morgan fingerprint density at radius 2 is 1.77 bits per heavy atom. The normalized spacial score (nSPS) is 16.2. The topological polar surface area (TPSA) is 113 Å². The van der Waals surface area contributed by atoms with Crippen molar-refractivity contribution in [3.63, 3.8) is 0 Å². The maximum Gasteiger partial charge on any atom is 0.276 e. The first-order valence-corrected chi connectivity index (χ1v) is 15.9. The number of benzene rings is 1. The molecule has 2 aliphatic heterocycles. The molecule has 2 fully saturated rings. The summed E-state index contributed by atoms with van der Waals surface area (Å²) in [5.74, 6) is 0.716. The molecule has 11 heteroatoms. The van der Waals surface area contributed by atoms with Crippen LogP contribution in [0.15, 0.2) is 53.8 Å². The van der Waals surface area contributed by atoms with E-state index in [1.807, 2.05) is 12.3 Å². The van der Waals surface area contributed by atoms with E-state index in [-0.39, 0.29) is 11.5 Å². The molecule has 0 bridgehead atoms. The van der Waals surface area contributed by atoms with Gasteiger partial charge in [-0.2, -0.15) is 4.98 Å². The summed E-state index contributed by atoms with van der Waals surface area (Å²) in [6.45, 7) is 9.44. The SMILES string of the molecule is CCN(CC)c1cc2cnc(Nc3ccc(N(C)C4CCNCC4)cc3)nc2n(Cc2cncnc2C2CCOCC2)c1=O. The number of aromatic nitrogens is 5. The summed E-state index contributed by atoms with van der Waals surface area (Å²) in [6.07, 6.45) is 9.33. The second-order valence-electron chi connectivity index (χ2n) is 11.6. The van der Waals surface area contributed by atoms with Gasteiger partial charge in [0.2, 0.25) is 5.95 Å². The third-order valence-corrected chi connectivity index (χ3v) is 9.06. The number of pyridine rings is 1. The van der Waals surface area contributed by atoms with E-state index in [9.17, 15) is 4.79 Å². The summed E-state index contributed by atoms with van der Waals surface area (Å²) in [4.78, 5) is 37.1. The Morgan fingerprint density at radius 1 is 1.02 bits per heavy atom. The summed E-state index contributed by atoms with van der Waals surface area (Å²) in [6, 6.07) is 10.8. The van der Waals surface area contributed by atoms with Crippen LogP contribution in [0.5, 0.6) is 0 Å². The second-order valence-corrected chi connectivity index (χ2v) is 11.6. The third kappa shape index (κ3) is 6.39. The van der Waals surface area contributed by atoms with Crippen LogP contribution in [0.2, 0.25) is 0 Å². The highest BCUT2D eigenvalue weighted by Gasteiger charge is 2.23. The molecule has 0 unspecified atom stereocenters. The first kappa shape index (κ1) is 30.0. The lowest BCUT2D eigenvalue weighted by Gasteiger charge is -2.33. The van der Waals surface area contributed by atoms with Crippen LogP contribution in [-0.4, -0.2) is 77.0 Å². The Balaban J connectivity index is 1.33. The minimum atomic E-state index is -0.0852. The van der Waals surface area contributed by atoms with Crippen molar-refractivity contribution >= 4 is 34.0 Å². The highest BCUT2D eigenvalue weighted by atomic mass is 16.5. The summed E-state index contributed by atoms with van der Waals surface area (Å²) in [7, 11) is 2.17. The molecule has 232 valence electrons. The molecule has 3 aromatic heterocycles. The quantitative estimate of drug-likeness (QED) is 0.274. The van der Waals surface area contributed by atoms with Crippen molar-refractivity contribution in [3.05, 3.63) is 70.7 Å². The number of piperidine rings is 1. The van der Waals surface area contributed by atoms with Gasteiger partial charge in [0.1, 0.15) is 17.7 Å². The predicted octanol–water partition coefficient (Wildman–Crippen LogP) is 4.30. The molecule has 44 heavy (non-hydrogen) atoms. The average Bonchev–Trinajstić information content (AvgIpc) is 3.08. The van der Waals surface area contributed by atoms with Gasteiger partial charge >= 0.3 is 0 Å². The zero-order valence-corrected chi connectivity index (χ0v) is 26.0. The molecule has 2 aliphatic rings. The van der Waals surface area contributed by atoms with E-state index in [0.29, 0.717) is 43.1 Å². The summed E-state index contributed by atoms with van der Waals surface area (Å²) >= 11 is 0. The predicted molar refractivity (Wildman–Crippen MR) is 175 cm³/mol. The number of nitrogens with one attached hydrogen (secondary N) is 2. The second kappa shape index (κ2) is 13.7. The fourth-order valence-corrected chi connectivity index (χ4v) is 6.45. The van der Waals surface area contributed by atoms with Crippen LogP contribution in [0.4, 0.5) is 23.0 Å². The standard InChI is InChI=1S/C33H43N9O2/c1-4-41(5-2)29-18-24-20-36-33(38-26-6-8-27(9-7-26)40(3)28-10-14-34-15-11-28)39-31(24)42(32(29)43)21-25-19-35-22-37-30(25)23-12-16-44-17-13-23/h6-9,18-20,22-23,28,34H,4-5,10-17,21H2,1-3H3,(H,36,38,39). The lowest BCUT2D eigenvalue weighted by atomic mass is 9.93. The van der Waals surface area contributed by atoms with E-state index >= 15 is 0 Å². The number of ether oxygens (including phenoxy) is 1. The van der Waals surface area contributed by atoms with Gasteiger partial charge in [-0.25, -0.2) is 15.0 Å². The first-order chi connectivity index (χ1) is 21.6. The number of fused-ring (bicyclic) bond motifs is 1. The number of hydrogen-bond donors (Lipinski definition) is 2. The maximum atomic E-state index is 14.1. The monoisotopic (exact) mass is 597 g/mol. The first-order valence-electron chi connectivity index (χ1n) is 15.9. The number of anilines is 4. The van der Waals surface area contributed by atoms with Crippen molar-refractivity contribution in [1.82, 2.24) is 29.8 Å². The van der Waals surface area contributed by atoms with Crippen molar-refractivity contribution in [2.45, 2.75) is 58.0 Å². The lowest BCUT2D eigenvalue weighted by molar-refractivity contribution is 0.0842. The van der Waals surface area contributed by atoms with Crippen molar-refractivity contribution < 1.29 is 4.74 Å².